The number of hydrogen-bond donors (Lipinski definition) is 1. The van der Waals surface area contributed by atoms with Crippen LogP contribution in [0.25, 0.3) is 0 Å². The van der Waals surface area contributed by atoms with Crippen molar-refractivity contribution in [2.75, 3.05) is 25.4 Å². The molecule has 0 bridgehead atoms. The van der Waals surface area contributed by atoms with Crippen LogP contribution in [0.1, 0.15) is 24.5 Å². The topological polar surface area (TPSA) is 89.7 Å². The molecule has 1 amide bonds. The Labute approximate surface area is 129 Å². The summed E-state index contributed by atoms with van der Waals surface area (Å²) in [7, 11) is -3.54. The number of morpholine rings is 1. The van der Waals surface area contributed by atoms with Crippen molar-refractivity contribution in [2.45, 2.75) is 18.9 Å². The normalized spacial score (nSPS) is 19.2. The summed E-state index contributed by atoms with van der Waals surface area (Å²) in [5, 5.41) is 4.91. The molecule has 2 N–H and O–H groups in total. The van der Waals surface area contributed by atoms with E-state index < -0.39 is 10.0 Å². The molecule has 1 aliphatic heterocycles. The van der Waals surface area contributed by atoms with Crippen molar-refractivity contribution in [3.63, 3.8) is 0 Å². The average Bonchev–Trinajstić information content (AvgIpc) is 2.47. The van der Waals surface area contributed by atoms with E-state index in [-0.39, 0.29) is 36.4 Å². The molecule has 0 aromatic heterocycles. The molecular formula is C14H19FN2O4S. The van der Waals surface area contributed by atoms with Gasteiger partial charge in [-0.25, -0.2) is 17.9 Å². The summed E-state index contributed by atoms with van der Waals surface area (Å²) in [6.07, 6.45) is 0.0412. The SMILES string of the molecule is NS(=O)(=O)CCCC(=O)N1CCOC(c2ccc(F)cc2)C1. The molecule has 1 aromatic rings. The fourth-order valence-electron chi connectivity index (χ4n) is 2.34. The lowest BCUT2D eigenvalue weighted by Gasteiger charge is -2.33. The smallest absolute Gasteiger partial charge is 0.222 e. The number of halogens is 1. The molecule has 0 radical (unpaired) electrons. The number of ether oxygens (including phenoxy) is 1. The van der Waals surface area contributed by atoms with Crippen molar-refractivity contribution >= 4 is 15.9 Å². The second kappa shape index (κ2) is 7.17. The van der Waals surface area contributed by atoms with E-state index in [9.17, 15) is 17.6 Å². The highest BCUT2D eigenvalue weighted by Gasteiger charge is 2.25. The van der Waals surface area contributed by atoms with Gasteiger partial charge in [-0.15, -0.1) is 0 Å². The average molecular weight is 330 g/mol. The van der Waals surface area contributed by atoms with Crippen LogP contribution in [0, 0.1) is 5.82 Å². The molecule has 1 unspecified atom stereocenters. The number of benzene rings is 1. The zero-order chi connectivity index (χ0) is 16.2. The van der Waals surface area contributed by atoms with Crippen molar-refractivity contribution in [1.82, 2.24) is 4.90 Å². The van der Waals surface area contributed by atoms with Gasteiger partial charge < -0.3 is 9.64 Å². The van der Waals surface area contributed by atoms with Gasteiger partial charge in [-0.05, 0) is 24.1 Å². The molecule has 0 aliphatic carbocycles. The Kier molecular flexibility index (Phi) is 5.49. The third-order valence-corrected chi connectivity index (χ3v) is 4.34. The fraction of sp³-hybridized carbons (Fsp3) is 0.500. The van der Waals surface area contributed by atoms with E-state index in [1.165, 1.54) is 12.1 Å². The van der Waals surface area contributed by atoms with Crippen molar-refractivity contribution in [3.05, 3.63) is 35.6 Å². The molecule has 8 heteroatoms. The number of sulfonamides is 1. The van der Waals surface area contributed by atoms with Crippen molar-refractivity contribution in [2.24, 2.45) is 5.14 Å². The summed E-state index contributed by atoms with van der Waals surface area (Å²) in [5.41, 5.74) is 0.809. The maximum atomic E-state index is 12.9. The summed E-state index contributed by atoms with van der Waals surface area (Å²) in [6.45, 7) is 1.23. The number of nitrogens with zero attached hydrogens (tertiary/aromatic N) is 1. The van der Waals surface area contributed by atoms with Crippen LogP contribution in [-0.4, -0.2) is 44.7 Å². The molecule has 1 fully saturated rings. The Morgan fingerprint density at radius 2 is 2.05 bits per heavy atom. The molecule has 1 aromatic carbocycles. The van der Waals surface area contributed by atoms with Crippen molar-refractivity contribution in [1.29, 1.82) is 0 Å². The second-order valence-corrected chi connectivity index (χ2v) is 6.96. The van der Waals surface area contributed by atoms with Gasteiger partial charge >= 0.3 is 0 Å². The largest absolute Gasteiger partial charge is 0.370 e. The van der Waals surface area contributed by atoms with Crippen molar-refractivity contribution < 1.29 is 22.3 Å². The summed E-state index contributed by atoms with van der Waals surface area (Å²) >= 11 is 0. The highest BCUT2D eigenvalue weighted by molar-refractivity contribution is 7.89. The molecule has 0 spiro atoms. The Bertz CT molecular complexity index is 618. The first kappa shape index (κ1) is 16.9. The molecule has 1 saturated heterocycles. The van der Waals surface area contributed by atoms with Gasteiger partial charge in [0.15, 0.2) is 0 Å². The number of rotatable bonds is 5. The van der Waals surface area contributed by atoms with Crippen molar-refractivity contribution in [3.8, 4) is 0 Å². The van der Waals surface area contributed by atoms with E-state index in [0.29, 0.717) is 19.7 Å². The number of amides is 1. The zero-order valence-corrected chi connectivity index (χ0v) is 12.9. The lowest BCUT2D eigenvalue weighted by Crippen LogP contribution is -2.42. The fourth-order valence-corrected chi connectivity index (χ4v) is 2.88. The lowest BCUT2D eigenvalue weighted by molar-refractivity contribution is -0.139. The molecule has 1 aliphatic rings. The van der Waals surface area contributed by atoms with Gasteiger partial charge in [-0.3, -0.25) is 4.79 Å². The van der Waals surface area contributed by atoms with Gasteiger partial charge in [0.05, 0.1) is 18.9 Å². The van der Waals surface area contributed by atoms with Gasteiger partial charge in [-0.1, -0.05) is 12.1 Å². The van der Waals surface area contributed by atoms with E-state index in [4.69, 9.17) is 9.88 Å². The van der Waals surface area contributed by atoms with E-state index >= 15 is 0 Å². The summed E-state index contributed by atoms with van der Waals surface area (Å²) in [5.74, 6) is -0.653. The van der Waals surface area contributed by atoms with Gasteiger partial charge in [-0.2, -0.15) is 0 Å². The Balaban J connectivity index is 1.89. The van der Waals surface area contributed by atoms with Crippen LogP contribution >= 0.6 is 0 Å². The van der Waals surface area contributed by atoms with E-state index in [1.807, 2.05) is 0 Å². The minimum Gasteiger partial charge on any atom is -0.370 e. The summed E-state index contributed by atoms with van der Waals surface area (Å²) in [6, 6.07) is 5.97. The first-order chi connectivity index (χ1) is 10.3. The highest BCUT2D eigenvalue weighted by Crippen LogP contribution is 2.23. The second-order valence-electron chi connectivity index (χ2n) is 5.22. The highest BCUT2D eigenvalue weighted by atomic mass is 32.2. The Hall–Kier alpha value is -1.51. The summed E-state index contributed by atoms with van der Waals surface area (Å²) in [4.78, 5) is 13.7. The number of carbonyl (C=O) groups excluding carboxylic acids is 1. The predicted molar refractivity (Wildman–Crippen MR) is 78.9 cm³/mol. The van der Waals surface area contributed by atoms with Crippen LogP contribution in [0.2, 0.25) is 0 Å². The van der Waals surface area contributed by atoms with Crippen LogP contribution < -0.4 is 5.14 Å². The third-order valence-electron chi connectivity index (χ3n) is 3.48. The first-order valence-electron chi connectivity index (χ1n) is 7.00. The predicted octanol–water partition coefficient (Wildman–Crippen LogP) is 0.794. The summed E-state index contributed by atoms with van der Waals surface area (Å²) < 4.78 is 40.3. The van der Waals surface area contributed by atoms with E-state index in [1.54, 1.807) is 17.0 Å². The quantitative estimate of drug-likeness (QED) is 0.864. The van der Waals surface area contributed by atoms with Gasteiger partial charge in [0, 0.05) is 13.0 Å². The molecular weight excluding hydrogens is 311 g/mol. The monoisotopic (exact) mass is 330 g/mol. The van der Waals surface area contributed by atoms with Crippen LogP contribution in [0.15, 0.2) is 24.3 Å². The zero-order valence-electron chi connectivity index (χ0n) is 12.1. The van der Waals surface area contributed by atoms with Crippen LogP contribution in [0.4, 0.5) is 4.39 Å². The minimum atomic E-state index is -3.54. The molecule has 0 saturated carbocycles. The minimum absolute atomic E-state index is 0.126. The molecule has 2 rings (SSSR count). The van der Waals surface area contributed by atoms with Crippen LogP contribution in [0.5, 0.6) is 0 Å². The lowest BCUT2D eigenvalue weighted by atomic mass is 10.1. The van der Waals surface area contributed by atoms with E-state index in [0.717, 1.165) is 5.56 Å². The standard InChI is InChI=1S/C14H19FN2O4S/c15-12-5-3-11(4-6-12)13-10-17(7-8-21-13)14(18)2-1-9-22(16,19)20/h3-6,13H,1-2,7-10H2,(H2,16,19,20). The van der Waals surface area contributed by atoms with Crippen LogP contribution in [-0.2, 0) is 19.6 Å². The van der Waals surface area contributed by atoms with Crippen LogP contribution in [0.3, 0.4) is 0 Å². The molecule has 6 nitrogen and oxygen atoms in total. The maximum absolute atomic E-state index is 12.9. The van der Waals surface area contributed by atoms with Gasteiger partial charge in [0.25, 0.3) is 0 Å². The number of nitrogens with two attached hydrogens (primary N) is 1. The molecule has 22 heavy (non-hydrogen) atoms. The molecule has 122 valence electrons. The Morgan fingerprint density at radius 3 is 2.68 bits per heavy atom. The first-order valence-corrected chi connectivity index (χ1v) is 8.72. The molecule has 1 atom stereocenters. The maximum Gasteiger partial charge on any atom is 0.222 e. The molecule has 1 heterocycles. The van der Waals surface area contributed by atoms with Gasteiger partial charge in [0.2, 0.25) is 15.9 Å². The van der Waals surface area contributed by atoms with Gasteiger partial charge in [0.1, 0.15) is 11.9 Å². The third kappa shape index (κ3) is 5.04. The number of hydrogen-bond acceptors (Lipinski definition) is 4. The number of carbonyl (C=O) groups is 1. The number of primary sulfonamides is 1. The van der Waals surface area contributed by atoms with E-state index in [2.05, 4.69) is 0 Å². The Morgan fingerprint density at radius 1 is 1.36 bits per heavy atom.